The van der Waals surface area contributed by atoms with Gasteiger partial charge in [-0.3, -0.25) is 14.9 Å². The molecule has 0 saturated carbocycles. The van der Waals surface area contributed by atoms with Gasteiger partial charge in [0.2, 0.25) is 0 Å². The molecule has 0 amide bonds. The first-order valence-corrected chi connectivity index (χ1v) is 6.58. The number of nitro benzene ring substituents is 1. The van der Waals surface area contributed by atoms with Crippen LogP contribution >= 0.6 is 23.2 Å². The molecule has 2 rings (SSSR count). The van der Waals surface area contributed by atoms with Crippen LogP contribution in [-0.2, 0) is 0 Å². The van der Waals surface area contributed by atoms with Crippen molar-refractivity contribution in [3.8, 4) is 5.75 Å². The molecule has 0 N–H and O–H groups in total. The molecular weight excluding hydrogens is 317 g/mol. The maximum absolute atomic E-state index is 11.9. The summed E-state index contributed by atoms with van der Waals surface area (Å²) in [6, 6.07) is 10.3. The third kappa shape index (κ3) is 3.93. The fraction of sp³-hybridized carbons (Fsp3) is 0.0714. The molecule has 0 aliphatic heterocycles. The Kier molecular flexibility index (Phi) is 4.77. The number of halogens is 2. The van der Waals surface area contributed by atoms with E-state index in [1.165, 1.54) is 18.2 Å². The summed E-state index contributed by atoms with van der Waals surface area (Å²) < 4.78 is 5.28. The normalized spacial score (nSPS) is 10.2. The van der Waals surface area contributed by atoms with Gasteiger partial charge in [-0.1, -0.05) is 23.2 Å². The van der Waals surface area contributed by atoms with Gasteiger partial charge in [-0.05, 0) is 30.3 Å². The standard InChI is InChI=1S/C14H9Cl2NO4/c15-10-3-1-9(2-4-10)14(18)8-21-11-5-6-13(17(19)20)12(16)7-11/h1-7H,8H2. The maximum atomic E-state index is 11.9. The molecule has 2 aromatic carbocycles. The van der Waals surface area contributed by atoms with Gasteiger partial charge in [0, 0.05) is 22.7 Å². The molecule has 0 aromatic heterocycles. The minimum Gasteiger partial charge on any atom is -0.485 e. The van der Waals surface area contributed by atoms with Gasteiger partial charge in [-0.15, -0.1) is 0 Å². The van der Waals surface area contributed by atoms with Gasteiger partial charge in [0.05, 0.1) is 4.92 Å². The number of carbonyl (C=O) groups excluding carboxylic acids is 1. The summed E-state index contributed by atoms with van der Waals surface area (Å²) in [6.07, 6.45) is 0. The monoisotopic (exact) mass is 325 g/mol. The zero-order chi connectivity index (χ0) is 15.4. The van der Waals surface area contributed by atoms with Gasteiger partial charge in [0.15, 0.2) is 12.4 Å². The number of nitrogens with zero attached hydrogens (tertiary/aromatic N) is 1. The second-order valence-electron chi connectivity index (χ2n) is 4.09. The van der Waals surface area contributed by atoms with E-state index in [0.717, 1.165) is 0 Å². The molecule has 0 bridgehead atoms. The highest BCUT2D eigenvalue weighted by atomic mass is 35.5. The molecule has 0 unspecified atom stereocenters. The minimum atomic E-state index is -0.592. The van der Waals surface area contributed by atoms with Crippen LogP contribution in [0.2, 0.25) is 10.0 Å². The molecule has 0 saturated heterocycles. The minimum absolute atomic E-state index is 0.0450. The Labute approximate surface area is 130 Å². The molecule has 108 valence electrons. The number of ether oxygens (including phenoxy) is 1. The molecular formula is C14H9Cl2NO4. The molecule has 5 nitrogen and oxygen atoms in total. The number of Topliss-reactive ketones (excluding diaryl/α,β-unsaturated/α-hetero) is 1. The number of carbonyl (C=O) groups is 1. The Morgan fingerprint density at radius 3 is 2.38 bits per heavy atom. The van der Waals surface area contributed by atoms with Crippen LogP contribution in [0.5, 0.6) is 5.75 Å². The van der Waals surface area contributed by atoms with Gasteiger partial charge in [-0.25, -0.2) is 0 Å². The first-order valence-electron chi connectivity index (χ1n) is 5.83. The quantitative estimate of drug-likeness (QED) is 0.470. The number of hydrogen-bond acceptors (Lipinski definition) is 4. The van der Waals surface area contributed by atoms with E-state index < -0.39 is 4.92 Å². The molecule has 0 heterocycles. The van der Waals surface area contributed by atoms with Gasteiger partial charge >= 0.3 is 0 Å². The molecule has 7 heteroatoms. The highest BCUT2D eigenvalue weighted by Gasteiger charge is 2.13. The van der Waals surface area contributed by atoms with Crippen LogP contribution in [0.4, 0.5) is 5.69 Å². The summed E-state index contributed by atoms with van der Waals surface area (Å²) in [5, 5.41) is 11.1. The lowest BCUT2D eigenvalue weighted by atomic mass is 10.1. The third-order valence-corrected chi connectivity index (χ3v) is 3.21. The SMILES string of the molecule is O=C(COc1ccc([N+](=O)[O-])c(Cl)c1)c1ccc(Cl)cc1. The molecule has 0 radical (unpaired) electrons. The van der Waals surface area contributed by atoms with Crippen molar-refractivity contribution in [1.82, 2.24) is 0 Å². The van der Waals surface area contributed by atoms with Crippen molar-refractivity contribution in [1.29, 1.82) is 0 Å². The van der Waals surface area contributed by atoms with E-state index in [2.05, 4.69) is 0 Å². The summed E-state index contributed by atoms with van der Waals surface area (Å²) >= 11 is 11.5. The average Bonchev–Trinajstić information content (AvgIpc) is 2.45. The average molecular weight is 326 g/mol. The van der Waals surface area contributed by atoms with E-state index in [0.29, 0.717) is 10.6 Å². The second-order valence-corrected chi connectivity index (χ2v) is 4.93. The van der Waals surface area contributed by atoms with Crippen molar-refractivity contribution < 1.29 is 14.5 Å². The van der Waals surface area contributed by atoms with Crippen LogP contribution in [0, 0.1) is 10.1 Å². The maximum Gasteiger partial charge on any atom is 0.288 e. The van der Waals surface area contributed by atoms with Gasteiger partial charge in [0.1, 0.15) is 10.8 Å². The Bertz CT molecular complexity index is 686. The van der Waals surface area contributed by atoms with E-state index >= 15 is 0 Å². The van der Waals surface area contributed by atoms with Crippen LogP contribution in [0.1, 0.15) is 10.4 Å². The Hall–Kier alpha value is -2.11. The fourth-order valence-electron chi connectivity index (χ4n) is 1.59. The van der Waals surface area contributed by atoms with Crippen LogP contribution in [-0.4, -0.2) is 17.3 Å². The zero-order valence-corrected chi connectivity index (χ0v) is 12.1. The van der Waals surface area contributed by atoms with E-state index in [4.69, 9.17) is 27.9 Å². The van der Waals surface area contributed by atoms with Crippen molar-refractivity contribution in [2.75, 3.05) is 6.61 Å². The van der Waals surface area contributed by atoms with Gasteiger partial charge in [-0.2, -0.15) is 0 Å². The highest BCUT2D eigenvalue weighted by Crippen LogP contribution is 2.28. The molecule has 21 heavy (non-hydrogen) atoms. The number of ketones is 1. The van der Waals surface area contributed by atoms with Crippen LogP contribution in [0.25, 0.3) is 0 Å². The molecule has 2 aromatic rings. The lowest BCUT2D eigenvalue weighted by molar-refractivity contribution is -0.384. The van der Waals surface area contributed by atoms with Crippen LogP contribution in [0.3, 0.4) is 0 Å². The topological polar surface area (TPSA) is 69.4 Å². The Morgan fingerprint density at radius 2 is 1.81 bits per heavy atom. The molecule has 0 atom stereocenters. The van der Waals surface area contributed by atoms with E-state index in [-0.39, 0.29) is 28.8 Å². The predicted molar refractivity (Wildman–Crippen MR) is 79.4 cm³/mol. The first kappa shape index (κ1) is 15.3. The lowest BCUT2D eigenvalue weighted by Crippen LogP contribution is -2.11. The number of hydrogen-bond donors (Lipinski definition) is 0. The fourth-order valence-corrected chi connectivity index (χ4v) is 1.96. The van der Waals surface area contributed by atoms with Crippen molar-refractivity contribution in [2.45, 2.75) is 0 Å². The Morgan fingerprint density at radius 1 is 1.14 bits per heavy atom. The zero-order valence-electron chi connectivity index (χ0n) is 10.6. The number of benzene rings is 2. The van der Waals surface area contributed by atoms with Crippen molar-refractivity contribution >= 4 is 34.7 Å². The van der Waals surface area contributed by atoms with E-state index in [1.54, 1.807) is 24.3 Å². The van der Waals surface area contributed by atoms with E-state index in [9.17, 15) is 14.9 Å². The number of nitro groups is 1. The summed E-state index contributed by atoms with van der Waals surface area (Å²) in [6.45, 7) is -0.199. The van der Waals surface area contributed by atoms with E-state index in [1.807, 2.05) is 0 Å². The highest BCUT2D eigenvalue weighted by molar-refractivity contribution is 6.32. The van der Waals surface area contributed by atoms with Crippen molar-refractivity contribution in [2.24, 2.45) is 0 Å². The smallest absolute Gasteiger partial charge is 0.288 e. The van der Waals surface area contributed by atoms with Crippen LogP contribution < -0.4 is 4.74 Å². The largest absolute Gasteiger partial charge is 0.485 e. The second kappa shape index (κ2) is 6.56. The Balaban J connectivity index is 2.03. The summed E-state index contributed by atoms with van der Waals surface area (Å²) in [7, 11) is 0. The van der Waals surface area contributed by atoms with Gasteiger partial charge in [0.25, 0.3) is 5.69 Å². The molecule has 0 aliphatic rings. The summed E-state index contributed by atoms with van der Waals surface area (Å²) in [5.41, 5.74) is 0.250. The molecule has 0 fully saturated rings. The summed E-state index contributed by atoms with van der Waals surface area (Å²) in [4.78, 5) is 21.9. The van der Waals surface area contributed by atoms with Crippen molar-refractivity contribution in [3.63, 3.8) is 0 Å². The predicted octanol–water partition coefficient (Wildman–Crippen LogP) is 4.16. The van der Waals surface area contributed by atoms with Crippen LogP contribution in [0.15, 0.2) is 42.5 Å². The lowest BCUT2D eigenvalue weighted by Gasteiger charge is -2.06. The molecule has 0 aliphatic carbocycles. The molecule has 0 spiro atoms. The van der Waals surface area contributed by atoms with Gasteiger partial charge < -0.3 is 4.74 Å². The first-order chi connectivity index (χ1) is 9.97. The number of rotatable bonds is 5. The summed E-state index contributed by atoms with van der Waals surface area (Å²) in [5.74, 6) is 0.0501. The third-order valence-electron chi connectivity index (χ3n) is 2.65. The van der Waals surface area contributed by atoms with Crippen molar-refractivity contribution in [3.05, 3.63) is 68.2 Å².